The van der Waals surface area contributed by atoms with E-state index >= 15 is 0 Å². The minimum atomic E-state index is -0.423. The molecule has 0 aromatic heterocycles. The summed E-state index contributed by atoms with van der Waals surface area (Å²) < 4.78 is 14.1. The number of aryl methyl sites for hydroxylation is 1. The molecule has 27 heavy (non-hydrogen) atoms. The molecular formula is C20H30FN5O. The molecule has 1 aromatic carbocycles. The van der Waals surface area contributed by atoms with Crippen LogP contribution in [0.4, 0.5) is 10.1 Å². The van der Waals surface area contributed by atoms with Crippen molar-refractivity contribution in [1.82, 2.24) is 20.4 Å². The van der Waals surface area contributed by atoms with Gasteiger partial charge in [-0.15, -0.1) is 0 Å². The molecule has 148 valence electrons. The van der Waals surface area contributed by atoms with E-state index in [0.29, 0.717) is 23.9 Å². The SMILES string of the molecule is Cc1ccc(F)c2c1NC(C(=O)NC1NCC(C3CCN(C)CC3)N1C)C2. The average molecular weight is 375 g/mol. The van der Waals surface area contributed by atoms with Gasteiger partial charge in [0.2, 0.25) is 5.91 Å². The Hall–Kier alpha value is -1.70. The highest BCUT2D eigenvalue weighted by molar-refractivity contribution is 5.88. The van der Waals surface area contributed by atoms with Crippen LogP contribution < -0.4 is 16.0 Å². The lowest BCUT2D eigenvalue weighted by atomic mass is 9.89. The number of likely N-dealkylation sites (tertiary alicyclic amines) is 1. The number of nitrogens with zero attached hydrogens (tertiary/aromatic N) is 2. The molecule has 0 saturated carbocycles. The summed E-state index contributed by atoms with van der Waals surface area (Å²) in [5.74, 6) is 0.335. The van der Waals surface area contributed by atoms with Crippen LogP contribution in [0.3, 0.4) is 0 Å². The van der Waals surface area contributed by atoms with Gasteiger partial charge in [-0.05, 0) is 64.5 Å². The second-order valence-corrected chi connectivity index (χ2v) is 8.31. The number of fused-ring (bicyclic) bond motifs is 1. The third-order valence-electron chi connectivity index (χ3n) is 6.54. The Labute approximate surface area is 160 Å². The van der Waals surface area contributed by atoms with Gasteiger partial charge in [0, 0.05) is 30.3 Å². The number of piperidine rings is 1. The van der Waals surface area contributed by atoms with Crippen LogP contribution in [0.25, 0.3) is 0 Å². The predicted molar refractivity (Wildman–Crippen MR) is 104 cm³/mol. The molecular weight excluding hydrogens is 345 g/mol. The van der Waals surface area contributed by atoms with Crippen LogP contribution in [0.1, 0.15) is 24.0 Å². The molecule has 4 rings (SSSR count). The number of benzene rings is 1. The lowest BCUT2D eigenvalue weighted by Crippen LogP contribution is -2.54. The van der Waals surface area contributed by atoms with Gasteiger partial charge in [-0.1, -0.05) is 6.07 Å². The second kappa shape index (κ2) is 7.37. The molecule has 3 unspecified atom stereocenters. The fourth-order valence-corrected chi connectivity index (χ4v) is 4.74. The zero-order valence-electron chi connectivity index (χ0n) is 16.4. The summed E-state index contributed by atoms with van der Waals surface area (Å²) in [7, 11) is 4.25. The maximum absolute atomic E-state index is 14.1. The number of nitrogens with one attached hydrogen (secondary N) is 3. The fraction of sp³-hybridized carbons (Fsp3) is 0.650. The molecule has 3 aliphatic rings. The third-order valence-corrected chi connectivity index (χ3v) is 6.54. The first-order valence-electron chi connectivity index (χ1n) is 9.93. The minimum absolute atomic E-state index is 0.0848. The van der Waals surface area contributed by atoms with Crippen LogP contribution in [0.2, 0.25) is 0 Å². The quantitative estimate of drug-likeness (QED) is 0.739. The van der Waals surface area contributed by atoms with Crippen molar-refractivity contribution in [1.29, 1.82) is 0 Å². The third kappa shape index (κ3) is 3.56. The molecule has 2 saturated heterocycles. The lowest BCUT2D eigenvalue weighted by Gasteiger charge is -2.36. The van der Waals surface area contributed by atoms with E-state index in [0.717, 1.165) is 30.9 Å². The van der Waals surface area contributed by atoms with E-state index in [1.54, 1.807) is 6.07 Å². The number of hydrogen-bond acceptors (Lipinski definition) is 5. The molecule has 3 N–H and O–H groups in total. The zero-order valence-corrected chi connectivity index (χ0v) is 16.4. The smallest absolute Gasteiger partial charge is 0.245 e. The second-order valence-electron chi connectivity index (χ2n) is 8.31. The number of hydrogen-bond donors (Lipinski definition) is 3. The van der Waals surface area contributed by atoms with E-state index < -0.39 is 6.04 Å². The fourth-order valence-electron chi connectivity index (χ4n) is 4.74. The van der Waals surface area contributed by atoms with Crippen molar-refractivity contribution in [2.45, 2.75) is 44.6 Å². The molecule has 7 heteroatoms. The van der Waals surface area contributed by atoms with Gasteiger partial charge >= 0.3 is 0 Å². The highest BCUT2D eigenvalue weighted by Crippen LogP contribution is 2.32. The van der Waals surface area contributed by atoms with Crippen LogP contribution >= 0.6 is 0 Å². The van der Waals surface area contributed by atoms with Crippen molar-refractivity contribution in [2.75, 3.05) is 39.0 Å². The Morgan fingerprint density at radius 3 is 2.70 bits per heavy atom. The molecule has 2 fully saturated rings. The van der Waals surface area contributed by atoms with Gasteiger partial charge in [0.25, 0.3) is 0 Å². The zero-order chi connectivity index (χ0) is 19.1. The normalized spacial score (nSPS) is 29.6. The Morgan fingerprint density at radius 2 is 2.00 bits per heavy atom. The molecule has 3 atom stereocenters. The average Bonchev–Trinajstić information content (AvgIpc) is 3.25. The highest BCUT2D eigenvalue weighted by Gasteiger charge is 2.38. The summed E-state index contributed by atoms with van der Waals surface area (Å²) in [5.41, 5.74) is 2.36. The topological polar surface area (TPSA) is 59.6 Å². The maximum atomic E-state index is 14.1. The number of carbonyl (C=O) groups is 1. The summed E-state index contributed by atoms with van der Waals surface area (Å²) in [6.07, 6.45) is 2.63. The van der Waals surface area contributed by atoms with Crippen molar-refractivity contribution in [3.63, 3.8) is 0 Å². The Kier molecular flexibility index (Phi) is 5.09. The predicted octanol–water partition coefficient (Wildman–Crippen LogP) is 1.12. The van der Waals surface area contributed by atoms with Crippen LogP contribution in [0.15, 0.2) is 12.1 Å². The largest absolute Gasteiger partial charge is 0.373 e. The number of amides is 1. The van der Waals surface area contributed by atoms with Gasteiger partial charge in [0.05, 0.1) is 0 Å². The van der Waals surface area contributed by atoms with Crippen molar-refractivity contribution in [3.05, 3.63) is 29.1 Å². The van der Waals surface area contributed by atoms with E-state index in [4.69, 9.17) is 0 Å². The standard InChI is InChI=1S/C20H30FN5O/c1-12-4-5-15(21)14-10-16(23-18(12)14)19(27)24-20-22-11-17(26(20)3)13-6-8-25(2)9-7-13/h4-5,13,16-17,20,22-23H,6-11H2,1-3H3,(H,24,27). The Morgan fingerprint density at radius 1 is 1.26 bits per heavy atom. The van der Waals surface area contributed by atoms with E-state index in [-0.39, 0.29) is 18.0 Å². The molecule has 0 spiro atoms. The lowest BCUT2D eigenvalue weighted by molar-refractivity contribution is -0.123. The van der Waals surface area contributed by atoms with Crippen LogP contribution in [-0.4, -0.2) is 67.8 Å². The summed E-state index contributed by atoms with van der Waals surface area (Å²) in [6.45, 7) is 5.11. The first-order valence-corrected chi connectivity index (χ1v) is 9.93. The number of likely N-dealkylation sites (N-methyl/N-ethyl adjacent to an activating group) is 1. The summed E-state index contributed by atoms with van der Waals surface area (Å²) in [4.78, 5) is 17.4. The molecule has 1 amide bonds. The van der Waals surface area contributed by atoms with Crippen molar-refractivity contribution < 1.29 is 9.18 Å². The first kappa shape index (κ1) is 18.7. The van der Waals surface area contributed by atoms with Gasteiger partial charge in [0.1, 0.15) is 18.1 Å². The molecule has 3 heterocycles. The van der Waals surface area contributed by atoms with Gasteiger partial charge in [0.15, 0.2) is 0 Å². The van der Waals surface area contributed by atoms with E-state index in [9.17, 15) is 9.18 Å². The summed E-state index contributed by atoms with van der Waals surface area (Å²) in [6, 6.07) is 3.25. The molecule has 1 aromatic rings. The Balaban J connectivity index is 1.35. The van der Waals surface area contributed by atoms with Crippen molar-refractivity contribution in [3.8, 4) is 0 Å². The molecule has 0 radical (unpaired) electrons. The summed E-state index contributed by atoms with van der Waals surface area (Å²) in [5, 5.41) is 9.75. The number of carbonyl (C=O) groups excluding carboxylic acids is 1. The van der Waals surface area contributed by atoms with Gasteiger partial charge < -0.3 is 15.5 Å². The molecule has 0 aliphatic carbocycles. The van der Waals surface area contributed by atoms with Gasteiger partial charge in [-0.3, -0.25) is 15.0 Å². The molecule has 6 nitrogen and oxygen atoms in total. The van der Waals surface area contributed by atoms with Crippen molar-refractivity contribution >= 4 is 11.6 Å². The van der Waals surface area contributed by atoms with E-state index in [1.807, 2.05) is 6.92 Å². The van der Waals surface area contributed by atoms with Gasteiger partial charge in [-0.25, -0.2) is 4.39 Å². The van der Waals surface area contributed by atoms with Crippen LogP contribution in [-0.2, 0) is 11.2 Å². The van der Waals surface area contributed by atoms with Crippen molar-refractivity contribution in [2.24, 2.45) is 5.92 Å². The van der Waals surface area contributed by atoms with Crippen LogP contribution in [0, 0.1) is 18.7 Å². The number of rotatable bonds is 3. The first-order chi connectivity index (χ1) is 12.9. The Bertz CT molecular complexity index is 688. The summed E-state index contributed by atoms with van der Waals surface area (Å²) >= 11 is 0. The van der Waals surface area contributed by atoms with E-state index in [1.165, 1.54) is 18.9 Å². The molecule has 3 aliphatic heterocycles. The van der Waals surface area contributed by atoms with Gasteiger partial charge in [-0.2, -0.15) is 0 Å². The number of anilines is 1. The molecule has 0 bridgehead atoms. The maximum Gasteiger partial charge on any atom is 0.245 e. The highest BCUT2D eigenvalue weighted by atomic mass is 19.1. The van der Waals surface area contributed by atoms with Crippen LogP contribution in [0.5, 0.6) is 0 Å². The van der Waals surface area contributed by atoms with E-state index in [2.05, 4.69) is 39.8 Å². The minimum Gasteiger partial charge on any atom is -0.373 e. The monoisotopic (exact) mass is 375 g/mol. The number of halogens is 1.